The molecule has 0 radical (unpaired) electrons. The Morgan fingerprint density at radius 3 is 2.91 bits per heavy atom. The Morgan fingerprint density at radius 1 is 1.43 bits per heavy atom. The highest BCUT2D eigenvalue weighted by atomic mass is 16.3. The predicted octanol–water partition coefficient (Wildman–Crippen LogP) is 1.78. The summed E-state index contributed by atoms with van der Waals surface area (Å²) in [7, 11) is 2.11. The number of nitrogens with one attached hydrogen (secondary N) is 1. The van der Waals surface area contributed by atoms with Gasteiger partial charge in [-0.3, -0.25) is 9.69 Å². The Hall–Kier alpha value is -2.28. The first kappa shape index (κ1) is 15.6. The van der Waals surface area contributed by atoms with Crippen molar-refractivity contribution in [3.8, 4) is 0 Å². The van der Waals surface area contributed by atoms with Gasteiger partial charge in [0.1, 0.15) is 11.6 Å². The molecule has 2 aromatic rings. The third kappa shape index (κ3) is 3.24. The van der Waals surface area contributed by atoms with Gasteiger partial charge in [-0.25, -0.2) is 15.0 Å². The molecule has 7 heteroatoms. The van der Waals surface area contributed by atoms with E-state index >= 15 is 0 Å². The van der Waals surface area contributed by atoms with Gasteiger partial charge in [-0.05, 0) is 40.3 Å². The molecule has 1 amide bonds. The second-order valence-electron chi connectivity index (χ2n) is 5.91. The lowest BCUT2D eigenvalue weighted by molar-refractivity contribution is 0.0944. The molecule has 7 nitrogen and oxygen atoms in total. The van der Waals surface area contributed by atoms with Crippen LogP contribution in [0.15, 0.2) is 17.0 Å². The molecular weight excluding hydrogens is 294 g/mol. The van der Waals surface area contributed by atoms with Crippen molar-refractivity contribution < 1.29 is 9.21 Å². The summed E-state index contributed by atoms with van der Waals surface area (Å²) in [6, 6.07) is 0.289. The first-order chi connectivity index (χ1) is 11.1. The molecule has 1 atom stereocenters. The lowest BCUT2D eigenvalue weighted by Crippen LogP contribution is -2.27. The standard InChI is InChI=1S/C16H21N5O2/c1-10-14(19-9-23-10)16(22)18-8-12-7-17-11(2)20-15(12)13-5-4-6-21(13)3/h7,9,13H,4-6,8H2,1-3H3,(H,18,22)/t13-/m0/s1. The number of likely N-dealkylation sites (tertiary alicyclic amines) is 1. The molecule has 23 heavy (non-hydrogen) atoms. The summed E-state index contributed by atoms with van der Waals surface area (Å²) in [4.78, 5) is 27.3. The van der Waals surface area contributed by atoms with E-state index in [0.29, 0.717) is 18.0 Å². The van der Waals surface area contributed by atoms with Gasteiger partial charge in [-0.2, -0.15) is 0 Å². The lowest BCUT2D eigenvalue weighted by Gasteiger charge is -2.21. The summed E-state index contributed by atoms with van der Waals surface area (Å²) in [5.41, 5.74) is 2.27. The van der Waals surface area contributed by atoms with Gasteiger partial charge in [0.2, 0.25) is 0 Å². The van der Waals surface area contributed by atoms with E-state index in [9.17, 15) is 4.79 Å². The Bertz CT molecular complexity index is 712. The van der Waals surface area contributed by atoms with Crippen LogP contribution in [0.5, 0.6) is 0 Å². The lowest BCUT2D eigenvalue weighted by atomic mass is 10.1. The Labute approximate surface area is 135 Å². The van der Waals surface area contributed by atoms with Gasteiger partial charge in [-0.15, -0.1) is 0 Å². The molecule has 1 aliphatic heterocycles. The quantitative estimate of drug-likeness (QED) is 0.926. The van der Waals surface area contributed by atoms with Crippen molar-refractivity contribution in [2.45, 2.75) is 39.3 Å². The number of carbonyl (C=O) groups excluding carboxylic acids is 1. The maximum Gasteiger partial charge on any atom is 0.273 e. The number of hydrogen-bond acceptors (Lipinski definition) is 6. The van der Waals surface area contributed by atoms with E-state index in [4.69, 9.17) is 4.42 Å². The monoisotopic (exact) mass is 315 g/mol. The molecule has 0 aliphatic carbocycles. The van der Waals surface area contributed by atoms with E-state index in [-0.39, 0.29) is 11.9 Å². The Morgan fingerprint density at radius 2 is 2.26 bits per heavy atom. The van der Waals surface area contributed by atoms with Crippen LogP contribution in [0.2, 0.25) is 0 Å². The molecule has 1 saturated heterocycles. The normalized spacial score (nSPS) is 18.3. The number of aryl methyl sites for hydroxylation is 2. The van der Waals surface area contributed by atoms with Gasteiger partial charge in [-0.1, -0.05) is 0 Å². The average molecular weight is 315 g/mol. The fourth-order valence-corrected chi connectivity index (χ4v) is 2.98. The van der Waals surface area contributed by atoms with E-state index in [1.165, 1.54) is 6.39 Å². The van der Waals surface area contributed by atoms with E-state index in [1.807, 2.05) is 6.92 Å². The zero-order valence-electron chi connectivity index (χ0n) is 13.7. The summed E-state index contributed by atoms with van der Waals surface area (Å²) in [6.45, 7) is 5.05. The molecule has 122 valence electrons. The molecule has 1 N–H and O–H groups in total. The van der Waals surface area contributed by atoms with Gasteiger partial charge >= 0.3 is 0 Å². The predicted molar refractivity (Wildman–Crippen MR) is 83.8 cm³/mol. The largest absolute Gasteiger partial charge is 0.448 e. The number of aromatic nitrogens is 3. The number of amides is 1. The smallest absolute Gasteiger partial charge is 0.273 e. The molecule has 0 saturated carbocycles. The van der Waals surface area contributed by atoms with E-state index in [1.54, 1.807) is 13.1 Å². The minimum atomic E-state index is -0.248. The fourth-order valence-electron chi connectivity index (χ4n) is 2.98. The Balaban J connectivity index is 1.77. The van der Waals surface area contributed by atoms with Gasteiger partial charge in [0.25, 0.3) is 5.91 Å². The Kier molecular flexibility index (Phi) is 4.38. The van der Waals surface area contributed by atoms with Gasteiger partial charge in [0, 0.05) is 18.3 Å². The molecule has 2 aromatic heterocycles. The van der Waals surface area contributed by atoms with Crippen LogP contribution in [0.4, 0.5) is 0 Å². The van der Waals surface area contributed by atoms with Crippen LogP contribution >= 0.6 is 0 Å². The summed E-state index contributed by atoms with van der Waals surface area (Å²) >= 11 is 0. The molecule has 0 bridgehead atoms. The molecule has 1 aliphatic rings. The highest BCUT2D eigenvalue weighted by Gasteiger charge is 2.26. The molecule has 3 rings (SSSR count). The van der Waals surface area contributed by atoms with Crippen LogP contribution in [0.25, 0.3) is 0 Å². The maximum absolute atomic E-state index is 12.2. The number of carbonyl (C=O) groups is 1. The first-order valence-electron chi connectivity index (χ1n) is 7.77. The zero-order valence-corrected chi connectivity index (χ0v) is 13.7. The summed E-state index contributed by atoms with van der Waals surface area (Å²) in [5.74, 6) is 1.02. The highest BCUT2D eigenvalue weighted by molar-refractivity contribution is 5.92. The molecule has 0 aromatic carbocycles. The van der Waals surface area contributed by atoms with Crippen molar-refractivity contribution in [1.82, 2.24) is 25.2 Å². The van der Waals surface area contributed by atoms with Crippen LogP contribution in [0, 0.1) is 13.8 Å². The van der Waals surface area contributed by atoms with Crippen LogP contribution in [-0.4, -0.2) is 39.4 Å². The zero-order chi connectivity index (χ0) is 16.4. The highest BCUT2D eigenvalue weighted by Crippen LogP contribution is 2.31. The number of oxazole rings is 1. The second-order valence-corrected chi connectivity index (χ2v) is 5.91. The molecule has 3 heterocycles. The molecule has 0 spiro atoms. The van der Waals surface area contributed by atoms with Crippen LogP contribution in [-0.2, 0) is 6.54 Å². The number of rotatable bonds is 4. The third-order valence-corrected chi connectivity index (χ3v) is 4.25. The third-order valence-electron chi connectivity index (χ3n) is 4.25. The molecule has 1 fully saturated rings. The minimum Gasteiger partial charge on any atom is -0.448 e. The van der Waals surface area contributed by atoms with Crippen molar-refractivity contribution in [2.24, 2.45) is 0 Å². The van der Waals surface area contributed by atoms with Crippen LogP contribution in [0.1, 0.15) is 52.2 Å². The number of nitrogens with zero attached hydrogens (tertiary/aromatic N) is 4. The van der Waals surface area contributed by atoms with Crippen molar-refractivity contribution in [3.63, 3.8) is 0 Å². The van der Waals surface area contributed by atoms with E-state index in [2.05, 4.69) is 32.2 Å². The van der Waals surface area contributed by atoms with Crippen LogP contribution < -0.4 is 5.32 Å². The molecular formula is C16H21N5O2. The summed E-state index contributed by atoms with van der Waals surface area (Å²) in [5, 5.41) is 2.88. The van der Waals surface area contributed by atoms with Crippen molar-refractivity contribution >= 4 is 5.91 Å². The number of hydrogen-bond donors (Lipinski definition) is 1. The van der Waals surface area contributed by atoms with Crippen LogP contribution in [0.3, 0.4) is 0 Å². The van der Waals surface area contributed by atoms with Crippen molar-refractivity contribution in [2.75, 3.05) is 13.6 Å². The van der Waals surface area contributed by atoms with Gasteiger partial charge < -0.3 is 9.73 Å². The SMILES string of the molecule is Cc1ncc(CNC(=O)c2ncoc2C)c([C@@H]2CCCN2C)n1. The van der Waals surface area contributed by atoms with E-state index < -0.39 is 0 Å². The fraction of sp³-hybridized carbons (Fsp3) is 0.500. The minimum absolute atomic E-state index is 0.248. The maximum atomic E-state index is 12.2. The topological polar surface area (TPSA) is 84.2 Å². The van der Waals surface area contributed by atoms with E-state index in [0.717, 1.165) is 36.5 Å². The van der Waals surface area contributed by atoms with Crippen molar-refractivity contribution in [1.29, 1.82) is 0 Å². The van der Waals surface area contributed by atoms with Crippen molar-refractivity contribution in [3.05, 3.63) is 41.1 Å². The molecule has 0 unspecified atom stereocenters. The first-order valence-corrected chi connectivity index (χ1v) is 7.77. The summed E-state index contributed by atoms with van der Waals surface area (Å²) < 4.78 is 5.07. The average Bonchev–Trinajstić information content (AvgIpc) is 3.14. The van der Waals surface area contributed by atoms with Gasteiger partial charge in [0.05, 0.1) is 11.7 Å². The second kappa shape index (κ2) is 6.45. The van der Waals surface area contributed by atoms with Gasteiger partial charge in [0.15, 0.2) is 12.1 Å². The summed E-state index contributed by atoms with van der Waals surface area (Å²) in [6.07, 6.45) is 5.32.